The van der Waals surface area contributed by atoms with Crippen molar-refractivity contribution in [2.75, 3.05) is 13.4 Å². The van der Waals surface area contributed by atoms with Crippen LogP contribution in [0.15, 0.2) is 30.3 Å². The van der Waals surface area contributed by atoms with E-state index in [1.54, 1.807) is 0 Å². The van der Waals surface area contributed by atoms with Crippen LogP contribution in [0.4, 0.5) is 30.7 Å². The molecule has 2 saturated carbocycles. The van der Waals surface area contributed by atoms with E-state index in [1.807, 2.05) is 0 Å². The minimum atomic E-state index is -3.56. The lowest BCUT2D eigenvalue weighted by Gasteiger charge is -2.37. The summed E-state index contributed by atoms with van der Waals surface area (Å²) < 4.78 is 109. The zero-order valence-electron chi connectivity index (χ0n) is 23.0. The van der Waals surface area contributed by atoms with Crippen LogP contribution in [0.1, 0.15) is 76.7 Å². The summed E-state index contributed by atoms with van der Waals surface area (Å²) in [5.74, 6) is -3.89. The molecule has 2 aliphatic carbocycles. The van der Waals surface area contributed by atoms with Crippen molar-refractivity contribution in [3.05, 3.63) is 53.3 Å². The number of hydrogen-bond acceptors (Lipinski definition) is 3. The summed E-state index contributed by atoms with van der Waals surface area (Å²) >= 11 is 0. The first-order valence-corrected chi connectivity index (χ1v) is 14.3. The van der Waals surface area contributed by atoms with E-state index in [-0.39, 0.29) is 42.6 Å². The Hall–Kier alpha value is -2.33. The van der Waals surface area contributed by atoms with Crippen molar-refractivity contribution in [3.8, 4) is 16.9 Å². The topological polar surface area (TPSA) is 38.7 Å². The van der Waals surface area contributed by atoms with E-state index in [4.69, 9.17) is 14.6 Å². The number of rotatable bonds is 11. The first-order valence-electron chi connectivity index (χ1n) is 14.3. The van der Waals surface area contributed by atoms with Gasteiger partial charge < -0.3 is 14.6 Å². The number of benzene rings is 2. The Morgan fingerprint density at radius 3 is 2.07 bits per heavy atom. The lowest BCUT2D eigenvalue weighted by atomic mass is 9.71. The largest absolute Gasteiger partial charge is 0.432 e. The lowest BCUT2D eigenvalue weighted by molar-refractivity contribution is -0.223. The van der Waals surface area contributed by atoms with Crippen LogP contribution < -0.4 is 4.74 Å². The molecule has 2 fully saturated rings. The second-order valence-electron chi connectivity index (χ2n) is 11.7. The van der Waals surface area contributed by atoms with Gasteiger partial charge in [0.25, 0.3) is 6.43 Å². The van der Waals surface area contributed by atoms with E-state index in [0.29, 0.717) is 49.5 Å². The van der Waals surface area contributed by atoms with E-state index in [9.17, 15) is 22.0 Å². The molecule has 4 rings (SSSR count). The predicted octanol–water partition coefficient (Wildman–Crippen LogP) is 9.29. The summed E-state index contributed by atoms with van der Waals surface area (Å²) in [6, 6.07) is 3.93. The third kappa shape index (κ3) is 7.95. The standard InChI is InChI=1S/C31H37F7O3/c1-18-2-6-20(7-3-18)22(16-40-17-39)12-19-4-8-23(9-5-19)31(37,38)41-24-10-11-25(26(32)15-24)21-13-27(33)29(30(35)36)28(34)14-21/h10-11,13-15,18-20,22-23,30,39H,2-9,12,16-17H2,1H3. The van der Waals surface area contributed by atoms with Crippen molar-refractivity contribution in [1.29, 1.82) is 0 Å². The van der Waals surface area contributed by atoms with Crippen LogP contribution in [-0.2, 0) is 4.74 Å². The monoisotopic (exact) mass is 590 g/mol. The molecule has 1 unspecified atom stereocenters. The smallest absolute Gasteiger partial charge is 0.400 e. The van der Waals surface area contributed by atoms with Gasteiger partial charge in [-0.05, 0) is 98.4 Å². The lowest BCUT2D eigenvalue weighted by Crippen LogP contribution is -2.37. The quantitative estimate of drug-likeness (QED) is 0.209. The molecule has 0 aliphatic heterocycles. The third-order valence-corrected chi connectivity index (χ3v) is 8.91. The van der Waals surface area contributed by atoms with Crippen LogP contribution >= 0.6 is 0 Å². The van der Waals surface area contributed by atoms with Gasteiger partial charge in [-0.15, -0.1) is 0 Å². The zero-order valence-corrected chi connectivity index (χ0v) is 23.0. The molecule has 3 nitrogen and oxygen atoms in total. The van der Waals surface area contributed by atoms with Gasteiger partial charge >= 0.3 is 6.11 Å². The second-order valence-corrected chi connectivity index (χ2v) is 11.7. The molecule has 2 aromatic carbocycles. The van der Waals surface area contributed by atoms with Crippen molar-refractivity contribution in [2.24, 2.45) is 29.6 Å². The highest BCUT2D eigenvalue weighted by Crippen LogP contribution is 2.44. The average molecular weight is 591 g/mol. The minimum absolute atomic E-state index is 0.239. The summed E-state index contributed by atoms with van der Waals surface area (Å²) in [6.45, 7) is 2.38. The van der Waals surface area contributed by atoms with Gasteiger partial charge in [-0.25, -0.2) is 22.0 Å². The molecule has 41 heavy (non-hydrogen) atoms. The highest BCUT2D eigenvalue weighted by molar-refractivity contribution is 5.65. The van der Waals surface area contributed by atoms with Crippen molar-refractivity contribution >= 4 is 0 Å². The molecule has 2 aliphatic rings. The maximum absolute atomic E-state index is 15.1. The highest BCUT2D eigenvalue weighted by atomic mass is 19.3. The normalized spacial score (nSPS) is 24.4. The van der Waals surface area contributed by atoms with Gasteiger partial charge in [-0.1, -0.05) is 19.8 Å². The Bertz CT molecular complexity index is 1120. The molecular weight excluding hydrogens is 553 g/mol. The van der Waals surface area contributed by atoms with Crippen LogP contribution in [0.5, 0.6) is 5.75 Å². The molecule has 0 saturated heterocycles. The Balaban J connectivity index is 1.36. The maximum Gasteiger partial charge on any atom is 0.400 e. The van der Waals surface area contributed by atoms with Crippen LogP contribution in [0.25, 0.3) is 11.1 Å². The van der Waals surface area contributed by atoms with Crippen LogP contribution in [0.3, 0.4) is 0 Å². The van der Waals surface area contributed by atoms with E-state index < -0.39 is 47.2 Å². The highest BCUT2D eigenvalue weighted by Gasteiger charge is 2.44. The van der Waals surface area contributed by atoms with Gasteiger partial charge in [0.1, 0.15) is 30.0 Å². The molecule has 228 valence electrons. The molecule has 0 amide bonds. The fourth-order valence-electron chi connectivity index (χ4n) is 6.50. The maximum atomic E-state index is 15.1. The molecule has 0 radical (unpaired) electrons. The molecule has 1 N–H and O–H groups in total. The summed E-state index contributed by atoms with van der Waals surface area (Å²) in [7, 11) is 0. The van der Waals surface area contributed by atoms with E-state index in [2.05, 4.69) is 6.92 Å². The Morgan fingerprint density at radius 2 is 1.51 bits per heavy atom. The number of aliphatic hydroxyl groups is 1. The number of halogens is 7. The van der Waals surface area contributed by atoms with Crippen LogP contribution in [0.2, 0.25) is 0 Å². The Morgan fingerprint density at radius 1 is 0.878 bits per heavy atom. The van der Waals surface area contributed by atoms with E-state index in [1.165, 1.54) is 0 Å². The molecule has 0 bridgehead atoms. The molecule has 2 aromatic rings. The average Bonchev–Trinajstić information content (AvgIpc) is 2.91. The van der Waals surface area contributed by atoms with Gasteiger partial charge in [0, 0.05) is 11.6 Å². The number of aliphatic hydroxyl groups excluding tert-OH is 1. The molecular formula is C31H37F7O3. The summed E-state index contributed by atoms with van der Waals surface area (Å²) in [4.78, 5) is 0. The van der Waals surface area contributed by atoms with Gasteiger partial charge in [0.2, 0.25) is 0 Å². The SMILES string of the molecule is CC1CCC(C(COCO)CC2CCC(C(F)(F)Oc3ccc(-c4cc(F)c(C(F)F)c(F)c4)c(F)c3)CC2)CC1. The second kappa shape index (κ2) is 13.8. The summed E-state index contributed by atoms with van der Waals surface area (Å²) in [5, 5.41) is 9.15. The fraction of sp³-hybridized carbons (Fsp3) is 0.613. The van der Waals surface area contributed by atoms with E-state index in [0.717, 1.165) is 44.2 Å². The molecule has 1 atom stereocenters. The van der Waals surface area contributed by atoms with Crippen LogP contribution in [0, 0.1) is 47.0 Å². The molecule has 0 heterocycles. The van der Waals surface area contributed by atoms with Gasteiger partial charge in [-0.2, -0.15) is 8.78 Å². The van der Waals surface area contributed by atoms with Gasteiger partial charge in [0.15, 0.2) is 0 Å². The van der Waals surface area contributed by atoms with Crippen molar-refractivity contribution in [1.82, 2.24) is 0 Å². The van der Waals surface area contributed by atoms with Gasteiger partial charge in [-0.3, -0.25) is 0 Å². The first-order chi connectivity index (χ1) is 19.5. The third-order valence-electron chi connectivity index (χ3n) is 8.91. The number of ether oxygens (including phenoxy) is 2. The Labute approximate surface area is 236 Å². The molecule has 0 aromatic heterocycles. The molecule has 10 heteroatoms. The van der Waals surface area contributed by atoms with Crippen molar-refractivity contribution < 1.29 is 45.3 Å². The van der Waals surface area contributed by atoms with Crippen molar-refractivity contribution in [3.63, 3.8) is 0 Å². The number of alkyl halides is 4. The summed E-state index contributed by atoms with van der Waals surface area (Å²) in [5.41, 5.74) is -2.10. The Kier molecular flexibility index (Phi) is 10.6. The first kappa shape index (κ1) is 31.6. The van der Waals surface area contributed by atoms with E-state index >= 15 is 8.78 Å². The zero-order chi connectivity index (χ0) is 29.7. The summed E-state index contributed by atoms with van der Waals surface area (Å²) in [6.07, 6.45) is 0.148. The number of hydrogen-bond donors (Lipinski definition) is 1. The molecule has 0 spiro atoms. The van der Waals surface area contributed by atoms with Crippen LogP contribution in [-0.4, -0.2) is 24.6 Å². The van der Waals surface area contributed by atoms with Crippen molar-refractivity contribution in [2.45, 2.75) is 77.2 Å². The fourth-order valence-corrected chi connectivity index (χ4v) is 6.50. The minimum Gasteiger partial charge on any atom is -0.432 e. The predicted molar refractivity (Wildman–Crippen MR) is 140 cm³/mol. The van der Waals surface area contributed by atoms with Gasteiger partial charge in [0.05, 0.1) is 18.1 Å².